The van der Waals surface area contributed by atoms with Crippen LogP contribution in [-0.4, -0.2) is 39.2 Å². The zero-order valence-corrected chi connectivity index (χ0v) is 17.4. The fourth-order valence-electron chi connectivity index (χ4n) is 2.58. The van der Waals surface area contributed by atoms with Crippen molar-refractivity contribution in [1.29, 1.82) is 5.26 Å². The summed E-state index contributed by atoms with van der Waals surface area (Å²) >= 11 is 5.98. The van der Waals surface area contributed by atoms with Crippen LogP contribution < -0.4 is 14.4 Å². The van der Waals surface area contributed by atoms with Crippen LogP contribution in [0.4, 0.5) is 5.69 Å². The minimum Gasteiger partial charge on any atom is -0.497 e. The Morgan fingerprint density at radius 1 is 1.17 bits per heavy atom. The van der Waals surface area contributed by atoms with Crippen LogP contribution in [0.15, 0.2) is 48.5 Å². The molecule has 0 aliphatic heterocycles. The molecule has 0 bridgehead atoms. The first kappa shape index (κ1) is 22.8. The topological polar surface area (TPSA) is 88.9 Å². The lowest BCUT2D eigenvalue weighted by atomic mass is 10.2. The van der Waals surface area contributed by atoms with E-state index in [-0.39, 0.29) is 13.0 Å². The molecular weight excluding hydrogens is 408 g/mol. The predicted octanol–water partition coefficient (Wildman–Crippen LogP) is 3.86. The summed E-state index contributed by atoms with van der Waals surface area (Å²) in [5.74, 6) is -0.00222. The zero-order chi connectivity index (χ0) is 21.9. The SMILES string of the molecule is COc1ccc(/C=C/C(=O)OCC(=O)N(CCC#N)c2cccc(Cl)c2)c(OC)c1. The van der Waals surface area contributed by atoms with Gasteiger partial charge in [0.25, 0.3) is 5.91 Å². The number of amides is 1. The number of nitrogens with zero attached hydrogens (tertiary/aromatic N) is 2. The molecule has 0 saturated carbocycles. The second kappa shape index (κ2) is 11.5. The summed E-state index contributed by atoms with van der Waals surface area (Å²) in [7, 11) is 3.05. The first-order valence-electron chi connectivity index (χ1n) is 8.98. The molecule has 30 heavy (non-hydrogen) atoms. The summed E-state index contributed by atoms with van der Waals surface area (Å²) in [6.45, 7) is -0.313. The summed E-state index contributed by atoms with van der Waals surface area (Å²) in [5.41, 5.74) is 1.17. The average Bonchev–Trinajstić information content (AvgIpc) is 2.76. The van der Waals surface area contributed by atoms with Gasteiger partial charge in [0, 0.05) is 35.0 Å². The van der Waals surface area contributed by atoms with E-state index in [1.807, 2.05) is 6.07 Å². The smallest absolute Gasteiger partial charge is 0.331 e. The zero-order valence-electron chi connectivity index (χ0n) is 16.6. The van der Waals surface area contributed by atoms with Crippen LogP contribution in [-0.2, 0) is 14.3 Å². The largest absolute Gasteiger partial charge is 0.497 e. The van der Waals surface area contributed by atoms with E-state index in [0.29, 0.717) is 27.8 Å². The van der Waals surface area contributed by atoms with Crippen molar-refractivity contribution in [3.63, 3.8) is 0 Å². The number of nitriles is 1. The van der Waals surface area contributed by atoms with E-state index >= 15 is 0 Å². The quantitative estimate of drug-likeness (QED) is 0.445. The third-order valence-electron chi connectivity index (χ3n) is 4.05. The molecule has 2 aromatic rings. The summed E-state index contributed by atoms with van der Waals surface area (Å²) in [6, 6.07) is 13.8. The minimum absolute atomic E-state index is 0.128. The Morgan fingerprint density at radius 3 is 2.63 bits per heavy atom. The number of esters is 1. The highest BCUT2D eigenvalue weighted by Crippen LogP contribution is 2.25. The van der Waals surface area contributed by atoms with Crippen molar-refractivity contribution < 1.29 is 23.8 Å². The maximum Gasteiger partial charge on any atom is 0.331 e. The van der Waals surface area contributed by atoms with Crippen LogP contribution in [0.5, 0.6) is 11.5 Å². The molecule has 0 N–H and O–H groups in total. The lowest BCUT2D eigenvalue weighted by Gasteiger charge is -2.21. The van der Waals surface area contributed by atoms with Gasteiger partial charge in [0.05, 0.1) is 26.7 Å². The van der Waals surface area contributed by atoms with Crippen molar-refractivity contribution in [3.8, 4) is 17.6 Å². The standard InChI is InChI=1S/C22H21ClN2O5/c1-28-19-9-7-16(20(14-19)29-2)8-10-22(27)30-15-21(26)25(12-4-11-24)18-6-3-5-17(23)13-18/h3,5-10,13-14H,4,12,15H2,1-2H3/b10-8+. The van der Waals surface area contributed by atoms with Crippen molar-refractivity contribution in [2.24, 2.45) is 0 Å². The Balaban J connectivity index is 2.02. The lowest BCUT2D eigenvalue weighted by Crippen LogP contribution is -2.35. The van der Waals surface area contributed by atoms with Gasteiger partial charge >= 0.3 is 5.97 Å². The Labute approximate surface area is 180 Å². The van der Waals surface area contributed by atoms with Crippen LogP contribution in [0, 0.1) is 11.3 Å². The Kier molecular flexibility index (Phi) is 8.73. The Morgan fingerprint density at radius 2 is 1.97 bits per heavy atom. The molecular formula is C22H21ClN2O5. The van der Waals surface area contributed by atoms with E-state index < -0.39 is 18.5 Å². The van der Waals surface area contributed by atoms with Crippen LogP contribution in [0.25, 0.3) is 6.08 Å². The molecule has 0 atom stereocenters. The Bertz CT molecular complexity index is 968. The fourth-order valence-corrected chi connectivity index (χ4v) is 2.76. The number of hydrogen-bond acceptors (Lipinski definition) is 6. The predicted molar refractivity (Wildman–Crippen MR) is 114 cm³/mol. The fraction of sp³-hybridized carbons (Fsp3) is 0.227. The van der Waals surface area contributed by atoms with Gasteiger partial charge in [0.15, 0.2) is 6.61 Å². The molecule has 0 heterocycles. The number of halogens is 1. The van der Waals surface area contributed by atoms with Gasteiger partial charge < -0.3 is 19.1 Å². The molecule has 1 amide bonds. The molecule has 8 heteroatoms. The summed E-state index contributed by atoms with van der Waals surface area (Å²) in [4.78, 5) is 26.0. The molecule has 7 nitrogen and oxygen atoms in total. The first-order chi connectivity index (χ1) is 14.5. The number of anilines is 1. The first-order valence-corrected chi connectivity index (χ1v) is 9.36. The molecule has 0 radical (unpaired) electrons. The van der Waals surface area contributed by atoms with Crippen LogP contribution >= 0.6 is 11.6 Å². The summed E-state index contributed by atoms with van der Waals surface area (Å²) in [5, 5.41) is 9.30. The molecule has 156 valence electrons. The van der Waals surface area contributed by atoms with Gasteiger partial charge in [-0.3, -0.25) is 4.79 Å². The number of hydrogen-bond donors (Lipinski definition) is 0. The van der Waals surface area contributed by atoms with Gasteiger partial charge in [-0.2, -0.15) is 5.26 Å². The van der Waals surface area contributed by atoms with E-state index in [1.54, 1.807) is 49.6 Å². The number of rotatable bonds is 9. The van der Waals surface area contributed by atoms with E-state index in [9.17, 15) is 9.59 Å². The van der Waals surface area contributed by atoms with Crippen molar-refractivity contribution in [2.75, 3.05) is 32.3 Å². The number of benzene rings is 2. The molecule has 0 fully saturated rings. The van der Waals surface area contributed by atoms with Crippen molar-refractivity contribution in [2.45, 2.75) is 6.42 Å². The highest BCUT2D eigenvalue weighted by molar-refractivity contribution is 6.30. The van der Waals surface area contributed by atoms with E-state index in [1.165, 1.54) is 24.2 Å². The van der Waals surface area contributed by atoms with Gasteiger partial charge in [0.2, 0.25) is 0 Å². The van der Waals surface area contributed by atoms with Crippen molar-refractivity contribution in [3.05, 3.63) is 59.1 Å². The number of ether oxygens (including phenoxy) is 3. The third kappa shape index (κ3) is 6.54. The molecule has 0 spiro atoms. The second-order valence-electron chi connectivity index (χ2n) is 5.98. The maximum atomic E-state index is 12.5. The summed E-state index contributed by atoms with van der Waals surface area (Å²) < 4.78 is 15.5. The van der Waals surface area contributed by atoms with Crippen LogP contribution in [0.2, 0.25) is 5.02 Å². The Hall–Kier alpha value is -3.50. The van der Waals surface area contributed by atoms with Gasteiger partial charge in [0.1, 0.15) is 11.5 Å². The lowest BCUT2D eigenvalue weighted by molar-refractivity contribution is -0.142. The third-order valence-corrected chi connectivity index (χ3v) is 4.28. The molecule has 2 aromatic carbocycles. The highest BCUT2D eigenvalue weighted by atomic mass is 35.5. The van der Waals surface area contributed by atoms with E-state index in [0.717, 1.165) is 0 Å². The molecule has 0 aliphatic rings. The summed E-state index contributed by atoms with van der Waals surface area (Å²) in [6.07, 6.45) is 2.86. The monoisotopic (exact) mass is 428 g/mol. The number of carbonyl (C=O) groups excluding carboxylic acids is 2. The van der Waals surface area contributed by atoms with Crippen molar-refractivity contribution in [1.82, 2.24) is 0 Å². The van der Waals surface area contributed by atoms with Gasteiger partial charge in [-0.15, -0.1) is 0 Å². The van der Waals surface area contributed by atoms with Crippen LogP contribution in [0.3, 0.4) is 0 Å². The van der Waals surface area contributed by atoms with Gasteiger partial charge in [-0.25, -0.2) is 4.79 Å². The van der Waals surface area contributed by atoms with Gasteiger partial charge in [-0.05, 0) is 36.4 Å². The molecule has 0 saturated heterocycles. The molecule has 0 unspecified atom stereocenters. The molecule has 0 aromatic heterocycles. The highest BCUT2D eigenvalue weighted by Gasteiger charge is 2.17. The van der Waals surface area contributed by atoms with Crippen molar-refractivity contribution >= 4 is 35.2 Å². The maximum absolute atomic E-state index is 12.5. The van der Waals surface area contributed by atoms with E-state index in [4.69, 9.17) is 31.1 Å². The van der Waals surface area contributed by atoms with Crippen LogP contribution in [0.1, 0.15) is 12.0 Å². The van der Waals surface area contributed by atoms with Gasteiger partial charge in [-0.1, -0.05) is 17.7 Å². The molecule has 2 rings (SSSR count). The minimum atomic E-state index is -0.687. The number of carbonyl (C=O) groups is 2. The molecule has 0 aliphatic carbocycles. The second-order valence-corrected chi connectivity index (χ2v) is 6.42. The average molecular weight is 429 g/mol. The number of methoxy groups -OCH3 is 2. The normalized spacial score (nSPS) is 10.3. The van der Waals surface area contributed by atoms with E-state index in [2.05, 4.69) is 0 Å².